The van der Waals surface area contributed by atoms with Crippen molar-refractivity contribution in [2.24, 2.45) is 0 Å². The number of nitrogens with zero attached hydrogens (tertiary/aromatic N) is 1. The molecule has 2 aromatic carbocycles. The number of hydrogen-bond acceptors (Lipinski definition) is 3. The van der Waals surface area contributed by atoms with Crippen LogP contribution in [0.25, 0.3) is 11.3 Å². The molecule has 1 heterocycles. The van der Waals surface area contributed by atoms with Gasteiger partial charge in [0, 0.05) is 16.1 Å². The summed E-state index contributed by atoms with van der Waals surface area (Å²) in [6.45, 7) is 0. The molecule has 0 fully saturated rings. The Balaban J connectivity index is 2.09. The van der Waals surface area contributed by atoms with Crippen molar-refractivity contribution >= 4 is 29.1 Å². The Morgan fingerprint density at radius 3 is 2.41 bits per heavy atom. The minimum absolute atomic E-state index is 0.0710. The predicted octanol–water partition coefficient (Wildman–Crippen LogP) is 4.68. The molecular weight excluding hydrogens is 316 g/mol. The van der Waals surface area contributed by atoms with E-state index < -0.39 is 0 Å². The van der Waals surface area contributed by atoms with Crippen molar-refractivity contribution in [2.45, 2.75) is 5.16 Å². The van der Waals surface area contributed by atoms with E-state index in [4.69, 9.17) is 11.6 Å². The molecule has 1 aromatic heterocycles. The van der Waals surface area contributed by atoms with Gasteiger partial charge in [0.05, 0.1) is 0 Å². The van der Waals surface area contributed by atoms with Gasteiger partial charge in [-0.1, -0.05) is 65.8 Å². The molecule has 0 amide bonds. The van der Waals surface area contributed by atoms with Crippen molar-refractivity contribution < 1.29 is 4.79 Å². The first-order valence-electron chi connectivity index (χ1n) is 6.68. The second-order valence-corrected chi connectivity index (χ2v) is 5.90. The minimum atomic E-state index is -0.0710. The molecule has 0 radical (unpaired) electrons. The molecule has 0 aliphatic carbocycles. The van der Waals surface area contributed by atoms with E-state index in [1.807, 2.05) is 36.6 Å². The average Bonchev–Trinajstić information content (AvgIpc) is 3.00. The zero-order chi connectivity index (χ0) is 15.5. The fraction of sp³-hybridized carbons (Fsp3) is 0.0588. The van der Waals surface area contributed by atoms with Gasteiger partial charge in [-0.15, -0.1) is 0 Å². The highest BCUT2D eigenvalue weighted by atomic mass is 35.5. The molecule has 0 saturated heterocycles. The van der Waals surface area contributed by atoms with Crippen LogP contribution < -0.4 is 0 Å². The molecule has 0 bridgehead atoms. The Bertz CT molecular complexity index is 797. The third kappa shape index (κ3) is 2.93. The first kappa shape index (κ1) is 14.9. The van der Waals surface area contributed by atoms with Gasteiger partial charge in [0.15, 0.2) is 5.16 Å². The van der Waals surface area contributed by atoms with Gasteiger partial charge < -0.3 is 4.98 Å². The van der Waals surface area contributed by atoms with Gasteiger partial charge >= 0.3 is 0 Å². The summed E-state index contributed by atoms with van der Waals surface area (Å²) in [6, 6.07) is 16.5. The standard InChI is InChI=1S/C17H13ClN2OS/c1-22-17-19-14(11-7-9-13(18)10-8-11)15(20-17)16(21)12-5-3-2-4-6-12/h2-10H,1H3,(H,19,20). The normalized spacial score (nSPS) is 10.6. The van der Waals surface area contributed by atoms with Crippen LogP contribution in [0.2, 0.25) is 5.02 Å². The van der Waals surface area contributed by atoms with E-state index >= 15 is 0 Å². The van der Waals surface area contributed by atoms with E-state index in [0.29, 0.717) is 27.1 Å². The Kier molecular flexibility index (Phi) is 4.32. The maximum absolute atomic E-state index is 12.7. The number of H-pyrrole nitrogens is 1. The Labute approximate surface area is 137 Å². The number of nitrogens with one attached hydrogen (secondary N) is 1. The summed E-state index contributed by atoms with van der Waals surface area (Å²) >= 11 is 7.40. The van der Waals surface area contributed by atoms with Gasteiger partial charge in [-0.2, -0.15) is 0 Å². The lowest BCUT2D eigenvalue weighted by Gasteiger charge is -2.03. The van der Waals surface area contributed by atoms with Gasteiger partial charge in [0.2, 0.25) is 5.78 Å². The van der Waals surface area contributed by atoms with Crippen molar-refractivity contribution in [1.29, 1.82) is 0 Å². The van der Waals surface area contributed by atoms with Crippen LogP contribution in [0.3, 0.4) is 0 Å². The van der Waals surface area contributed by atoms with Crippen molar-refractivity contribution in [3.8, 4) is 11.3 Å². The average molecular weight is 329 g/mol. The lowest BCUT2D eigenvalue weighted by atomic mass is 10.0. The summed E-state index contributed by atoms with van der Waals surface area (Å²) in [5, 5.41) is 1.37. The van der Waals surface area contributed by atoms with Crippen LogP contribution in [0.5, 0.6) is 0 Å². The number of carbonyl (C=O) groups excluding carboxylic acids is 1. The highest BCUT2D eigenvalue weighted by Gasteiger charge is 2.19. The second-order valence-electron chi connectivity index (χ2n) is 4.67. The summed E-state index contributed by atoms with van der Waals surface area (Å²) in [5.74, 6) is -0.0710. The van der Waals surface area contributed by atoms with Crippen LogP contribution in [-0.2, 0) is 0 Å². The lowest BCUT2D eigenvalue weighted by Crippen LogP contribution is -2.03. The van der Waals surface area contributed by atoms with E-state index in [2.05, 4.69) is 9.97 Å². The highest BCUT2D eigenvalue weighted by molar-refractivity contribution is 7.98. The van der Waals surface area contributed by atoms with Crippen molar-refractivity contribution in [1.82, 2.24) is 9.97 Å². The van der Waals surface area contributed by atoms with Crippen LogP contribution in [0, 0.1) is 0 Å². The van der Waals surface area contributed by atoms with Gasteiger partial charge in [-0.05, 0) is 18.4 Å². The first-order chi connectivity index (χ1) is 10.7. The summed E-state index contributed by atoms with van der Waals surface area (Å²) in [7, 11) is 0. The number of aromatic nitrogens is 2. The molecule has 110 valence electrons. The first-order valence-corrected chi connectivity index (χ1v) is 8.29. The van der Waals surface area contributed by atoms with E-state index in [0.717, 1.165) is 5.56 Å². The lowest BCUT2D eigenvalue weighted by molar-refractivity contribution is 0.103. The van der Waals surface area contributed by atoms with Crippen molar-refractivity contribution in [2.75, 3.05) is 6.26 Å². The van der Waals surface area contributed by atoms with Gasteiger partial charge in [-0.3, -0.25) is 4.79 Å². The van der Waals surface area contributed by atoms with E-state index in [9.17, 15) is 4.79 Å². The fourth-order valence-electron chi connectivity index (χ4n) is 2.16. The number of thioether (sulfide) groups is 1. The van der Waals surface area contributed by atoms with Gasteiger partial charge in [-0.25, -0.2) is 4.98 Å². The molecule has 0 spiro atoms. The molecule has 0 aliphatic rings. The number of rotatable bonds is 4. The Hall–Kier alpha value is -2.04. The molecule has 0 aliphatic heterocycles. The van der Waals surface area contributed by atoms with E-state index in [1.54, 1.807) is 24.3 Å². The summed E-state index contributed by atoms with van der Waals surface area (Å²) in [5.41, 5.74) is 2.64. The summed E-state index contributed by atoms with van der Waals surface area (Å²) in [4.78, 5) is 20.4. The molecule has 0 saturated carbocycles. The minimum Gasteiger partial charge on any atom is -0.330 e. The van der Waals surface area contributed by atoms with Crippen LogP contribution in [0.15, 0.2) is 59.8 Å². The number of ketones is 1. The molecule has 5 heteroatoms. The topological polar surface area (TPSA) is 45.8 Å². The molecule has 3 nitrogen and oxygen atoms in total. The SMILES string of the molecule is CSc1nc(-c2ccc(Cl)cc2)c(C(=O)c2ccccc2)[nH]1. The summed E-state index contributed by atoms with van der Waals surface area (Å²) < 4.78 is 0. The molecule has 0 atom stereocenters. The third-order valence-electron chi connectivity index (χ3n) is 3.26. The second kappa shape index (κ2) is 6.38. The molecule has 1 N–H and O–H groups in total. The smallest absolute Gasteiger partial charge is 0.211 e. The zero-order valence-electron chi connectivity index (χ0n) is 11.8. The van der Waals surface area contributed by atoms with Crippen LogP contribution in [-0.4, -0.2) is 22.0 Å². The number of benzene rings is 2. The molecule has 3 rings (SSSR count). The van der Waals surface area contributed by atoms with Crippen LogP contribution in [0.4, 0.5) is 0 Å². The monoisotopic (exact) mass is 328 g/mol. The van der Waals surface area contributed by atoms with Crippen LogP contribution in [0.1, 0.15) is 16.1 Å². The fourth-order valence-corrected chi connectivity index (χ4v) is 2.68. The molecule has 0 unspecified atom stereocenters. The Morgan fingerprint density at radius 2 is 1.77 bits per heavy atom. The Morgan fingerprint density at radius 1 is 1.09 bits per heavy atom. The van der Waals surface area contributed by atoms with Crippen molar-refractivity contribution in [3.05, 3.63) is 70.9 Å². The van der Waals surface area contributed by atoms with Crippen molar-refractivity contribution in [3.63, 3.8) is 0 Å². The largest absolute Gasteiger partial charge is 0.330 e. The van der Waals surface area contributed by atoms with E-state index in [-0.39, 0.29) is 5.78 Å². The number of halogens is 1. The van der Waals surface area contributed by atoms with E-state index in [1.165, 1.54) is 11.8 Å². The van der Waals surface area contributed by atoms with Crippen LogP contribution >= 0.6 is 23.4 Å². The third-order valence-corrected chi connectivity index (χ3v) is 4.09. The molecule has 3 aromatic rings. The molecule has 22 heavy (non-hydrogen) atoms. The zero-order valence-corrected chi connectivity index (χ0v) is 13.4. The number of imidazole rings is 1. The van der Waals surface area contributed by atoms with Gasteiger partial charge in [0.25, 0.3) is 0 Å². The number of carbonyl (C=O) groups is 1. The predicted molar refractivity (Wildman–Crippen MR) is 90.7 cm³/mol. The maximum atomic E-state index is 12.7. The number of aromatic amines is 1. The van der Waals surface area contributed by atoms with Gasteiger partial charge in [0.1, 0.15) is 11.4 Å². The molecular formula is C17H13ClN2OS. The quantitative estimate of drug-likeness (QED) is 0.558. The maximum Gasteiger partial charge on any atom is 0.211 e. The highest BCUT2D eigenvalue weighted by Crippen LogP contribution is 2.27. The summed E-state index contributed by atoms with van der Waals surface area (Å²) in [6.07, 6.45) is 1.92. The number of hydrogen-bond donors (Lipinski definition) is 1.